The van der Waals surface area contributed by atoms with Crippen LogP contribution in [0.15, 0.2) is 77.7 Å². The molecule has 5 rings (SSSR count). The van der Waals surface area contributed by atoms with Gasteiger partial charge in [-0.25, -0.2) is 13.1 Å². The van der Waals surface area contributed by atoms with Gasteiger partial charge in [-0.2, -0.15) is 0 Å². The van der Waals surface area contributed by atoms with Crippen molar-refractivity contribution in [3.8, 4) is 5.75 Å². The molecule has 2 aliphatic rings. The standard InChI is InChI=1S/C31H38N4O4S/c1-23(24-10-4-3-5-11-24)33-40(37,38)30-22-26(32-31(36)25-12-6-7-13-25)16-17-28(30)35-20-18-34(19-21-35)27-14-8-9-15-29(27)39-2/h3-5,8-11,14-17,22-23,25,33H,6-7,12-13,18-21H2,1-2H3,(H,32,36)/t23-/m0/s1. The van der Waals surface area contributed by atoms with E-state index in [-0.39, 0.29) is 16.7 Å². The van der Waals surface area contributed by atoms with E-state index in [0.717, 1.165) is 42.7 Å². The first-order valence-electron chi connectivity index (χ1n) is 14.0. The van der Waals surface area contributed by atoms with E-state index < -0.39 is 16.1 Å². The zero-order valence-corrected chi connectivity index (χ0v) is 24.0. The highest BCUT2D eigenvalue weighted by atomic mass is 32.2. The predicted molar refractivity (Wildman–Crippen MR) is 160 cm³/mol. The van der Waals surface area contributed by atoms with Crippen LogP contribution in [-0.4, -0.2) is 47.6 Å². The Hall–Kier alpha value is -3.56. The van der Waals surface area contributed by atoms with Crippen molar-refractivity contribution in [2.75, 3.05) is 48.4 Å². The topological polar surface area (TPSA) is 91.0 Å². The average molecular weight is 563 g/mol. The molecule has 9 heteroatoms. The van der Waals surface area contributed by atoms with E-state index in [0.29, 0.717) is 37.6 Å². The van der Waals surface area contributed by atoms with Crippen molar-refractivity contribution in [3.63, 3.8) is 0 Å². The number of benzene rings is 3. The Labute approximate surface area is 237 Å². The fraction of sp³-hybridized carbons (Fsp3) is 0.387. The third-order valence-corrected chi connectivity index (χ3v) is 9.49. The maximum Gasteiger partial charge on any atom is 0.243 e. The Balaban J connectivity index is 1.41. The SMILES string of the molecule is COc1ccccc1N1CCN(c2ccc(NC(=O)C3CCCC3)cc2S(=O)(=O)N[C@@H](C)c2ccccc2)CC1. The van der Waals surface area contributed by atoms with Crippen LogP contribution in [0.1, 0.15) is 44.2 Å². The van der Waals surface area contributed by atoms with Gasteiger partial charge in [-0.3, -0.25) is 4.79 Å². The Morgan fingerprint density at radius 1 is 0.875 bits per heavy atom. The van der Waals surface area contributed by atoms with E-state index in [4.69, 9.17) is 4.74 Å². The lowest BCUT2D eigenvalue weighted by molar-refractivity contribution is -0.119. The zero-order chi connectivity index (χ0) is 28.1. The van der Waals surface area contributed by atoms with Gasteiger partial charge in [0.25, 0.3) is 0 Å². The summed E-state index contributed by atoms with van der Waals surface area (Å²) in [5.41, 5.74) is 3.04. The first kappa shape index (κ1) is 28.0. The fourth-order valence-electron chi connectivity index (χ4n) is 5.69. The van der Waals surface area contributed by atoms with Crippen LogP contribution in [-0.2, 0) is 14.8 Å². The second-order valence-electron chi connectivity index (χ2n) is 10.6. The number of nitrogens with one attached hydrogen (secondary N) is 2. The number of rotatable bonds is 9. The van der Waals surface area contributed by atoms with Crippen LogP contribution in [0.5, 0.6) is 5.75 Å². The van der Waals surface area contributed by atoms with E-state index in [1.807, 2.05) is 73.7 Å². The van der Waals surface area contributed by atoms with Gasteiger partial charge in [0.15, 0.2) is 0 Å². The fourth-order valence-corrected chi connectivity index (χ4v) is 7.17. The van der Waals surface area contributed by atoms with Gasteiger partial charge < -0.3 is 19.9 Å². The number of carbonyl (C=O) groups is 1. The van der Waals surface area contributed by atoms with Crippen LogP contribution in [0.3, 0.4) is 0 Å². The third kappa shape index (κ3) is 6.26. The molecule has 2 fully saturated rings. The molecule has 1 atom stereocenters. The number of sulfonamides is 1. The van der Waals surface area contributed by atoms with Crippen LogP contribution < -0.4 is 24.6 Å². The highest BCUT2D eigenvalue weighted by molar-refractivity contribution is 7.89. The number of ether oxygens (including phenoxy) is 1. The minimum absolute atomic E-state index is 0.0148. The van der Waals surface area contributed by atoms with Gasteiger partial charge in [0, 0.05) is 43.8 Å². The summed E-state index contributed by atoms with van der Waals surface area (Å²) in [6, 6.07) is 22.3. The van der Waals surface area contributed by atoms with Crippen molar-refractivity contribution < 1.29 is 17.9 Å². The van der Waals surface area contributed by atoms with Gasteiger partial charge in [0.1, 0.15) is 10.6 Å². The quantitative estimate of drug-likeness (QED) is 0.373. The van der Waals surface area contributed by atoms with E-state index >= 15 is 0 Å². The number of nitrogens with zero attached hydrogens (tertiary/aromatic N) is 2. The third-order valence-electron chi connectivity index (χ3n) is 7.92. The molecule has 40 heavy (non-hydrogen) atoms. The van der Waals surface area contributed by atoms with Crippen LogP contribution in [0, 0.1) is 5.92 Å². The summed E-state index contributed by atoms with van der Waals surface area (Å²) in [5, 5.41) is 2.98. The number of hydrogen-bond acceptors (Lipinski definition) is 6. The van der Waals surface area contributed by atoms with E-state index in [2.05, 4.69) is 19.8 Å². The minimum atomic E-state index is -3.92. The van der Waals surface area contributed by atoms with E-state index in [1.165, 1.54) is 0 Å². The monoisotopic (exact) mass is 562 g/mol. The number of para-hydroxylation sites is 2. The molecular weight excluding hydrogens is 524 g/mol. The maximum absolute atomic E-state index is 13.9. The molecule has 1 saturated carbocycles. The van der Waals surface area contributed by atoms with Crippen molar-refractivity contribution in [2.24, 2.45) is 5.92 Å². The van der Waals surface area contributed by atoms with Crippen LogP contribution >= 0.6 is 0 Å². The Morgan fingerprint density at radius 3 is 2.17 bits per heavy atom. The molecule has 0 spiro atoms. The van der Waals surface area contributed by atoms with E-state index in [9.17, 15) is 13.2 Å². The maximum atomic E-state index is 13.9. The molecule has 1 amide bonds. The number of methoxy groups -OCH3 is 1. The molecule has 1 aliphatic carbocycles. The molecule has 3 aromatic rings. The molecule has 212 valence electrons. The second kappa shape index (κ2) is 12.3. The van der Waals surface area contributed by atoms with Crippen molar-refractivity contribution in [1.29, 1.82) is 0 Å². The molecule has 8 nitrogen and oxygen atoms in total. The molecule has 0 radical (unpaired) electrons. The molecule has 1 aliphatic heterocycles. The molecule has 1 heterocycles. The summed E-state index contributed by atoms with van der Waals surface area (Å²) in [6.45, 7) is 4.55. The first-order chi connectivity index (χ1) is 19.4. The first-order valence-corrected chi connectivity index (χ1v) is 15.5. The van der Waals surface area contributed by atoms with Gasteiger partial charge in [-0.15, -0.1) is 0 Å². The normalized spacial score (nSPS) is 17.1. The Morgan fingerprint density at radius 2 is 1.50 bits per heavy atom. The Kier molecular flexibility index (Phi) is 8.61. The summed E-state index contributed by atoms with van der Waals surface area (Å²) in [4.78, 5) is 17.4. The molecule has 0 aromatic heterocycles. The molecule has 2 N–H and O–H groups in total. The summed E-state index contributed by atoms with van der Waals surface area (Å²) >= 11 is 0. The number of amides is 1. The number of piperazine rings is 1. The number of carbonyl (C=O) groups excluding carboxylic acids is 1. The van der Waals surface area contributed by atoms with Crippen LogP contribution in [0.2, 0.25) is 0 Å². The van der Waals surface area contributed by atoms with Gasteiger partial charge in [0.2, 0.25) is 15.9 Å². The molecule has 1 saturated heterocycles. The van der Waals surface area contributed by atoms with Crippen LogP contribution in [0.25, 0.3) is 0 Å². The lowest BCUT2D eigenvalue weighted by Crippen LogP contribution is -2.47. The van der Waals surface area contributed by atoms with Crippen molar-refractivity contribution in [3.05, 3.63) is 78.4 Å². The highest BCUT2D eigenvalue weighted by Crippen LogP contribution is 2.34. The van der Waals surface area contributed by atoms with Crippen molar-refractivity contribution >= 4 is 33.0 Å². The van der Waals surface area contributed by atoms with Crippen molar-refractivity contribution in [1.82, 2.24) is 4.72 Å². The van der Waals surface area contributed by atoms with Crippen molar-refractivity contribution in [2.45, 2.75) is 43.5 Å². The summed E-state index contributed by atoms with van der Waals surface area (Å²) in [7, 11) is -2.25. The van der Waals surface area contributed by atoms with E-state index in [1.54, 1.807) is 13.2 Å². The summed E-state index contributed by atoms with van der Waals surface area (Å²) < 4.78 is 36.1. The van der Waals surface area contributed by atoms with Gasteiger partial charge >= 0.3 is 0 Å². The predicted octanol–water partition coefficient (Wildman–Crippen LogP) is 5.19. The van der Waals surface area contributed by atoms with Gasteiger partial charge in [-0.05, 0) is 55.7 Å². The number of hydrogen-bond donors (Lipinski definition) is 2. The van der Waals surface area contributed by atoms with Crippen LogP contribution in [0.4, 0.5) is 17.1 Å². The number of anilines is 3. The smallest absolute Gasteiger partial charge is 0.243 e. The average Bonchev–Trinajstić information content (AvgIpc) is 3.53. The van der Waals surface area contributed by atoms with Gasteiger partial charge in [-0.1, -0.05) is 55.3 Å². The lowest BCUT2D eigenvalue weighted by atomic mass is 10.1. The minimum Gasteiger partial charge on any atom is -0.495 e. The molecular formula is C31H38N4O4S. The molecule has 0 unspecified atom stereocenters. The lowest BCUT2D eigenvalue weighted by Gasteiger charge is -2.38. The van der Waals surface area contributed by atoms with Gasteiger partial charge in [0.05, 0.1) is 18.5 Å². The molecule has 3 aromatic carbocycles. The Bertz CT molecular complexity index is 1420. The molecule has 0 bridgehead atoms. The second-order valence-corrected chi connectivity index (χ2v) is 12.2. The largest absolute Gasteiger partial charge is 0.495 e. The summed E-state index contributed by atoms with van der Waals surface area (Å²) in [6.07, 6.45) is 3.86. The highest BCUT2D eigenvalue weighted by Gasteiger charge is 2.29. The zero-order valence-electron chi connectivity index (χ0n) is 23.2. The summed E-state index contributed by atoms with van der Waals surface area (Å²) in [5.74, 6) is 0.768.